The fourth-order valence-electron chi connectivity index (χ4n) is 2.63. The van der Waals surface area contributed by atoms with E-state index in [0.29, 0.717) is 23.1 Å². The Morgan fingerprint density at radius 2 is 1.59 bits per heavy atom. The van der Waals surface area contributed by atoms with E-state index in [1.54, 1.807) is 38.1 Å². The molecule has 0 aliphatic rings. The second-order valence-corrected chi connectivity index (χ2v) is 8.63. The first kappa shape index (κ1) is 22.9. The molecule has 0 aliphatic carbocycles. The number of hydrogen-bond acceptors (Lipinski definition) is 5. The van der Waals surface area contributed by atoms with Gasteiger partial charge >= 0.3 is 0 Å². The molecule has 0 heterocycles. The smallest absolute Gasteiger partial charge is 0.273 e. The van der Waals surface area contributed by atoms with Gasteiger partial charge in [-0.2, -0.15) is 4.31 Å². The molecule has 29 heavy (non-hydrogen) atoms. The number of methoxy groups -OCH3 is 1. The lowest BCUT2D eigenvalue weighted by molar-refractivity contribution is 0.0844. The molecular formula is C19H22BrN3O5S. The quantitative estimate of drug-likeness (QED) is 0.588. The van der Waals surface area contributed by atoms with E-state index >= 15 is 0 Å². The lowest BCUT2D eigenvalue weighted by Crippen LogP contribution is -2.42. The number of sulfonamides is 1. The highest BCUT2D eigenvalue weighted by Gasteiger charge is 2.24. The van der Waals surface area contributed by atoms with Gasteiger partial charge in [0.05, 0.1) is 23.1 Å². The fourth-order valence-corrected chi connectivity index (χ4v) is 4.58. The summed E-state index contributed by atoms with van der Waals surface area (Å²) in [6.07, 6.45) is 0. The molecule has 0 aromatic heterocycles. The summed E-state index contributed by atoms with van der Waals surface area (Å²) in [5, 5.41) is 0. The number of amides is 2. The maximum atomic E-state index is 12.7. The van der Waals surface area contributed by atoms with Gasteiger partial charge < -0.3 is 4.74 Å². The molecule has 0 saturated carbocycles. The Morgan fingerprint density at radius 1 is 1.00 bits per heavy atom. The molecule has 2 amide bonds. The van der Waals surface area contributed by atoms with Crippen molar-refractivity contribution in [3.8, 4) is 5.75 Å². The van der Waals surface area contributed by atoms with Gasteiger partial charge in [0.15, 0.2) is 0 Å². The summed E-state index contributed by atoms with van der Waals surface area (Å²) in [7, 11) is -2.39. The van der Waals surface area contributed by atoms with Crippen LogP contribution in [0, 0.1) is 0 Å². The highest BCUT2D eigenvalue weighted by Crippen LogP contribution is 2.24. The summed E-state index contributed by atoms with van der Waals surface area (Å²) >= 11 is 3.27. The van der Waals surface area contributed by atoms with Crippen molar-refractivity contribution in [2.24, 2.45) is 0 Å². The number of carbonyl (C=O) groups excluding carboxylic acids is 2. The standard InChI is InChI=1S/C19H22BrN3O5S/c1-4-23(5-2)29(26,27)13-10-11-17(28-3)15(12-13)19(25)22-21-18(24)14-8-6-7-9-16(14)20/h6-12H,4-5H2,1-3H3,(H,21,24)(H,22,25). The number of ether oxygens (including phenoxy) is 1. The first-order valence-corrected chi connectivity index (χ1v) is 11.0. The van der Waals surface area contributed by atoms with E-state index in [9.17, 15) is 18.0 Å². The Labute approximate surface area is 178 Å². The topological polar surface area (TPSA) is 105 Å². The van der Waals surface area contributed by atoms with Crippen LogP contribution in [0.3, 0.4) is 0 Å². The zero-order valence-electron chi connectivity index (χ0n) is 16.2. The second kappa shape index (κ2) is 9.86. The van der Waals surface area contributed by atoms with Crippen molar-refractivity contribution in [3.63, 3.8) is 0 Å². The van der Waals surface area contributed by atoms with E-state index in [0.717, 1.165) is 0 Å². The Bertz CT molecular complexity index is 1010. The van der Waals surface area contributed by atoms with Crippen molar-refractivity contribution in [1.29, 1.82) is 0 Å². The van der Waals surface area contributed by atoms with Crippen LogP contribution in [0.15, 0.2) is 51.8 Å². The van der Waals surface area contributed by atoms with Crippen molar-refractivity contribution in [1.82, 2.24) is 15.2 Å². The molecule has 8 nitrogen and oxygen atoms in total. The van der Waals surface area contributed by atoms with Crippen LogP contribution in [-0.4, -0.2) is 44.7 Å². The SMILES string of the molecule is CCN(CC)S(=O)(=O)c1ccc(OC)c(C(=O)NNC(=O)c2ccccc2Br)c1. The molecule has 2 N–H and O–H groups in total. The van der Waals surface area contributed by atoms with E-state index < -0.39 is 21.8 Å². The maximum Gasteiger partial charge on any atom is 0.273 e. The average molecular weight is 484 g/mol. The lowest BCUT2D eigenvalue weighted by atomic mass is 10.2. The fraction of sp³-hybridized carbons (Fsp3) is 0.263. The van der Waals surface area contributed by atoms with Gasteiger partial charge in [0.25, 0.3) is 11.8 Å². The second-order valence-electron chi connectivity index (χ2n) is 5.84. The van der Waals surface area contributed by atoms with Gasteiger partial charge in [-0.25, -0.2) is 8.42 Å². The molecule has 0 fully saturated rings. The number of rotatable bonds is 7. The molecule has 0 unspecified atom stereocenters. The lowest BCUT2D eigenvalue weighted by Gasteiger charge is -2.19. The van der Waals surface area contributed by atoms with E-state index in [-0.39, 0.29) is 16.2 Å². The summed E-state index contributed by atoms with van der Waals surface area (Å²) < 4.78 is 32.5. The van der Waals surface area contributed by atoms with Gasteiger partial charge in [-0.05, 0) is 46.3 Å². The monoisotopic (exact) mass is 483 g/mol. The zero-order chi connectivity index (χ0) is 21.6. The Morgan fingerprint density at radius 3 is 2.14 bits per heavy atom. The van der Waals surface area contributed by atoms with Crippen molar-refractivity contribution in [2.75, 3.05) is 20.2 Å². The minimum absolute atomic E-state index is 0.0202. The van der Waals surface area contributed by atoms with Crippen LogP contribution >= 0.6 is 15.9 Å². The Hall–Kier alpha value is -2.43. The molecule has 0 radical (unpaired) electrons. The number of hydrogen-bond donors (Lipinski definition) is 2. The molecule has 0 atom stereocenters. The van der Waals surface area contributed by atoms with Crippen LogP contribution in [0.4, 0.5) is 0 Å². The maximum absolute atomic E-state index is 12.7. The molecule has 10 heteroatoms. The summed E-state index contributed by atoms with van der Waals surface area (Å²) in [5.41, 5.74) is 4.91. The molecule has 0 spiro atoms. The number of halogens is 1. The van der Waals surface area contributed by atoms with Crippen LogP contribution in [-0.2, 0) is 10.0 Å². The molecule has 2 aromatic rings. The van der Waals surface area contributed by atoms with Gasteiger partial charge in [0.2, 0.25) is 10.0 Å². The third-order valence-corrected chi connectivity index (χ3v) is 6.90. The summed E-state index contributed by atoms with van der Waals surface area (Å²) in [6, 6.07) is 10.7. The summed E-state index contributed by atoms with van der Waals surface area (Å²) in [4.78, 5) is 24.8. The van der Waals surface area contributed by atoms with Crippen LogP contribution in [0.2, 0.25) is 0 Å². The number of carbonyl (C=O) groups is 2. The minimum atomic E-state index is -3.76. The number of hydrazine groups is 1. The first-order chi connectivity index (χ1) is 13.8. The third kappa shape index (κ3) is 5.14. The third-order valence-electron chi connectivity index (χ3n) is 4.17. The molecule has 0 saturated heterocycles. The van der Waals surface area contributed by atoms with E-state index in [2.05, 4.69) is 26.8 Å². The Balaban J connectivity index is 2.27. The number of nitrogens with zero attached hydrogens (tertiary/aromatic N) is 1. The van der Waals surface area contributed by atoms with Gasteiger partial charge in [-0.15, -0.1) is 0 Å². The molecule has 2 rings (SSSR count). The predicted molar refractivity (Wildman–Crippen MR) is 112 cm³/mol. The van der Waals surface area contributed by atoms with Crippen LogP contribution in [0.5, 0.6) is 5.75 Å². The van der Waals surface area contributed by atoms with Crippen LogP contribution in [0.25, 0.3) is 0 Å². The van der Waals surface area contributed by atoms with E-state index in [1.165, 1.54) is 29.6 Å². The average Bonchev–Trinajstić information content (AvgIpc) is 2.72. The van der Waals surface area contributed by atoms with E-state index in [4.69, 9.17) is 4.74 Å². The zero-order valence-corrected chi connectivity index (χ0v) is 18.6. The number of benzene rings is 2. The van der Waals surface area contributed by atoms with Gasteiger partial charge in [-0.1, -0.05) is 26.0 Å². The predicted octanol–water partition coefficient (Wildman–Crippen LogP) is 2.56. The molecule has 2 aromatic carbocycles. The van der Waals surface area contributed by atoms with Gasteiger partial charge in [0.1, 0.15) is 5.75 Å². The summed E-state index contributed by atoms with van der Waals surface area (Å²) in [6.45, 7) is 4.06. The number of nitrogens with one attached hydrogen (secondary N) is 2. The summed E-state index contributed by atoms with van der Waals surface area (Å²) in [5.74, 6) is -1.06. The van der Waals surface area contributed by atoms with Crippen molar-refractivity contribution >= 4 is 37.8 Å². The normalized spacial score (nSPS) is 11.2. The van der Waals surface area contributed by atoms with Crippen LogP contribution in [0.1, 0.15) is 34.6 Å². The Kier molecular flexibility index (Phi) is 7.77. The van der Waals surface area contributed by atoms with Crippen molar-refractivity contribution < 1.29 is 22.7 Å². The van der Waals surface area contributed by atoms with E-state index in [1.807, 2.05) is 0 Å². The highest BCUT2D eigenvalue weighted by atomic mass is 79.9. The molecule has 156 valence electrons. The van der Waals surface area contributed by atoms with Crippen LogP contribution < -0.4 is 15.6 Å². The van der Waals surface area contributed by atoms with Gasteiger partial charge in [-0.3, -0.25) is 20.4 Å². The minimum Gasteiger partial charge on any atom is -0.496 e. The van der Waals surface area contributed by atoms with Gasteiger partial charge in [0, 0.05) is 17.6 Å². The highest BCUT2D eigenvalue weighted by molar-refractivity contribution is 9.10. The van der Waals surface area contributed by atoms with Crippen molar-refractivity contribution in [3.05, 3.63) is 58.1 Å². The molecule has 0 bridgehead atoms. The first-order valence-electron chi connectivity index (χ1n) is 8.79. The van der Waals surface area contributed by atoms with Crippen molar-refractivity contribution in [2.45, 2.75) is 18.7 Å². The molecular weight excluding hydrogens is 462 g/mol. The largest absolute Gasteiger partial charge is 0.496 e. The molecule has 0 aliphatic heterocycles.